The lowest BCUT2D eigenvalue weighted by Crippen LogP contribution is -2.08. The molecule has 182 valence electrons. The molecule has 4 rings (SSSR count). The van der Waals surface area contributed by atoms with Crippen molar-refractivity contribution in [3.63, 3.8) is 0 Å². The molecule has 35 heavy (non-hydrogen) atoms. The molecular formula is C33H38O2. The highest BCUT2D eigenvalue weighted by Gasteiger charge is 2.08. The average molecular weight is 467 g/mol. The van der Waals surface area contributed by atoms with Crippen molar-refractivity contribution in [3.05, 3.63) is 121 Å². The summed E-state index contributed by atoms with van der Waals surface area (Å²) in [6.45, 7) is 3.93. The van der Waals surface area contributed by atoms with Gasteiger partial charge in [-0.1, -0.05) is 161 Å². The normalized spacial score (nSPS) is 10.7. The molecule has 0 saturated heterocycles. The molecule has 0 bridgehead atoms. The Hall–Kier alpha value is -3.65. The maximum Gasteiger partial charge on any atom is 0.306 e. The first kappa shape index (κ1) is 27.6. The highest BCUT2D eigenvalue weighted by molar-refractivity contribution is 5.69. The summed E-state index contributed by atoms with van der Waals surface area (Å²) < 4.78 is 0. The lowest BCUT2D eigenvalue weighted by atomic mass is 10.0. The van der Waals surface area contributed by atoms with Crippen LogP contribution in [0.25, 0.3) is 22.3 Å². The zero-order chi connectivity index (χ0) is 25.1. The van der Waals surface area contributed by atoms with E-state index in [1.165, 1.54) is 41.5 Å². The molecule has 0 spiro atoms. The summed E-state index contributed by atoms with van der Waals surface area (Å²) in [5, 5.41) is 8.54. The lowest BCUT2D eigenvalue weighted by Gasteiger charge is -2.04. The molecule has 0 aliphatic heterocycles. The third kappa shape index (κ3) is 11.4. The van der Waals surface area contributed by atoms with Crippen LogP contribution in [0.4, 0.5) is 0 Å². The van der Waals surface area contributed by atoms with E-state index in [4.69, 9.17) is 5.11 Å². The molecule has 2 heteroatoms. The van der Waals surface area contributed by atoms with Gasteiger partial charge in [0.15, 0.2) is 0 Å². The molecule has 0 heterocycles. The maximum atomic E-state index is 10.4. The van der Waals surface area contributed by atoms with Crippen molar-refractivity contribution in [2.45, 2.75) is 46.0 Å². The third-order valence-electron chi connectivity index (χ3n) is 5.67. The zero-order valence-electron chi connectivity index (χ0n) is 21.0. The lowest BCUT2D eigenvalue weighted by molar-refractivity contribution is -0.141. The van der Waals surface area contributed by atoms with Crippen LogP contribution >= 0.6 is 0 Å². The van der Waals surface area contributed by atoms with E-state index in [0.29, 0.717) is 0 Å². The second-order valence-electron chi connectivity index (χ2n) is 8.55. The minimum absolute atomic E-state index is 0.160. The van der Waals surface area contributed by atoms with Gasteiger partial charge in [-0.15, -0.1) is 0 Å². The van der Waals surface area contributed by atoms with E-state index in [0.717, 1.165) is 12.8 Å². The van der Waals surface area contributed by atoms with Crippen LogP contribution in [0.15, 0.2) is 121 Å². The van der Waals surface area contributed by atoms with Gasteiger partial charge in [0.25, 0.3) is 0 Å². The van der Waals surface area contributed by atoms with Crippen molar-refractivity contribution in [2.75, 3.05) is 0 Å². The number of rotatable bonds is 8. The van der Waals surface area contributed by atoms with Gasteiger partial charge in [-0.2, -0.15) is 0 Å². The second kappa shape index (κ2) is 16.9. The van der Waals surface area contributed by atoms with Crippen molar-refractivity contribution >= 4 is 5.97 Å². The van der Waals surface area contributed by atoms with Crippen LogP contribution in [0.2, 0.25) is 0 Å². The monoisotopic (exact) mass is 466 g/mol. The zero-order valence-corrected chi connectivity index (χ0v) is 21.0. The summed E-state index contributed by atoms with van der Waals surface area (Å²) in [5.74, 6) is -0.826. The summed E-state index contributed by atoms with van der Waals surface area (Å²) in [6.07, 6.45) is 5.50. The van der Waals surface area contributed by atoms with Gasteiger partial charge in [0.1, 0.15) is 0 Å². The van der Waals surface area contributed by atoms with E-state index < -0.39 is 5.97 Å². The Balaban J connectivity index is 0.000000186. The van der Waals surface area contributed by atoms with Crippen LogP contribution in [0.1, 0.15) is 46.0 Å². The summed E-state index contributed by atoms with van der Waals surface area (Å²) >= 11 is 0. The van der Waals surface area contributed by atoms with E-state index >= 15 is 0 Å². The smallest absolute Gasteiger partial charge is 0.306 e. The van der Waals surface area contributed by atoms with Crippen LogP contribution in [0, 0.1) is 5.92 Å². The van der Waals surface area contributed by atoms with E-state index in [-0.39, 0.29) is 5.92 Å². The average Bonchev–Trinajstić information content (AvgIpc) is 2.94. The fourth-order valence-electron chi connectivity index (χ4n) is 3.52. The third-order valence-corrected chi connectivity index (χ3v) is 5.67. The van der Waals surface area contributed by atoms with Gasteiger partial charge in [0.2, 0.25) is 0 Å². The number of carbonyl (C=O) groups is 1. The van der Waals surface area contributed by atoms with Crippen LogP contribution in [-0.2, 0) is 4.79 Å². The van der Waals surface area contributed by atoms with E-state index in [9.17, 15) is 4.79 Å². The van der Waals surface area contributed by atoms with E-state index in [1.807, 2.05) is 24.3 Å². The van der Waals surface area contributed by atoms with Crippen molar-refractivity contribution in [1.82, 2.24) is 0 Å². The Bertz CT molecular complexity index is 895. The molecule has 1 unspecified atom stereocenters. The van der Waals surface area contributed by atoms with Crippen molar-refractivity contribution in [1.29, 1.82) is 0 Å². The number of hydrogen-bond acceptors (Lipinski definition) is 1. The first-order valence-corrected chi connectivity index (χ1v) is 12.6. The summed E-state index contributed by atoms with van der Waals surface area (Å²) in [6, 6.07) is 41.6. The van der Waals surface area contributed by atoms with Gasteiger partial charge in [-0.05, 0) is 28.7 Å². The quantitative estimate of drug-likeness (QED) is 0.263. The molecular weight excluding hydrogens is 428 g/mol. The van der Waals surface area contributed by atoms with Crippen molar-refractivity contribution < 1.29 is 9.90 Å². The molecule has 0 aliphatic rings. The molecule has 4 aromatic carbocycles. The second-order valence-corrected chi connectivity index (χ2v) is 8.55. The predicted octanol–water partition coefficient (Wildman–Crippen LogP) is 9.38. The Labute approximate surface area is 211 Å². The number of hydrogen-bond donors (Lipinski definition) is 1. The number of benzene rings is 4. The Morgan fingerprint density at radius 2 is 0.886 bits per heavy atom. The summed E-state index contributed by atoms with van der Waals surface area (Å²) in [7, 11) is 0. The van der Waals surface area contributed by atoms with Gasteiger partial charge in [0, 0.05) is 0 Å². The highest BCUT2D eigenvalue weighted by Crippen LogP contribution is 2.18. The Morgan fingerprint density at radius 1 is 0.571 bits per heavy atom. The van der Waals surface area contributed by atoms with Crippen LogP contribution < -0.4 is 0 Å². The van der Waals surface area contributed by atoms with E-state index in [1.54, 1.807) is 6.92 Å². The highest BCUT2D eigenvalue weighted by atomic mass is 16.4. The van der Waals surface area contributed by atoms with Crippen molar-refractivity contribution in [2.24, 2.45) is 5.92 Å². The molecule has 0 saturated carbocycles. The van der Waals surface area contributed by atoms with Gasteiger partial charge >= 0.3 is 5.97 Å². The topological polar surface area (TPSA) is 37.3 Å². The molecule has 0 aliphatic carbocycles. The molecule has 4 aromatic rings. The standard InChI is InChI=1S/2C12H10.C9H18O2/c2*1-3-7-11(8-4-1)12-9-5-2-6-10-12;1-3-4-5-6-7-8(2)9(10)11/h2*1-10H;8H,3-7H2,1-2H3,(H,10,11). The van der Waals surface area contributed by atoms with Gasteiger partial charge in [0.05, 0.1) is 5.92 Å². The van der Waals surface area contributed by atoms with Gasteiger partial charge < -0.3 is 5.11 Å². The fraction of sp³-hybridized carbons (Fsp3) is 0.242. The number of carboxylic acid groups (broad SMARTS) is 1. The SMILES string of the molecule is CCCCCCC(C)C(=O)O.c1ccc(-c2ccccc2)cc1.c1ccc(-c2ccccc2)cc1. The van der Waals surface area contributed by atoms with E-state index in [2.05, 4.69) is 104 Å². The first-order valence-electron chi connectivity index (χ1n) is 12.6. The molecule has 0 amide bonds. The number of unbranched alkanes of at least 4 members (excludes halogenated alkanes) is 3. The molecule has 0 aromatic heterocycles. The number of aliphatic carboxylic acids is 1. The maximum absolute atomic E-state index is 10.4. The predicted molar refractivity (Wildman–Crippen MR) is 149 cm³/mol. The van der Waals surface area contributed by atoms with Crippen LogP contribution in [0.3, 0.4) is 0 Å². The fourth-order valence-corrected chi connectivity index (χ4v) is 3.52. The first-order chi connectivity index (χ1) is 17.1. The Morgan fingerprint density at radius 3 is 1.14 bits per heavy atom. The molecule has 0 fully saturated rings. The van der Waals surface area contributed by atoms with Crippen LogP contribution in [0.5, 0.6) is 0 Å². The molecule has 0 radical (unpaired) electrons. The summed E-state index contributed by atoms with van der Waals surface area (Å²) in [4.78, 5) is 10.4. The molecule has 1 N–H and O–H groups in total. The van der Waals surface area contributed by atoms with Gasteiger partial charge in [-0.3, -0.25) is 4.79 Å². The summed E-state index contributed by atoms with van der Waals surface area (Å²) in [5.41, 5.74) is 5.10. The molecule has 1 atom stereocenters. The Kier molecular flexibility index (Phi) is 13.3. The minimum Gasteiger partial charge on any atom is -0.481 e. The van der Waals surface area contributed by atoms with Gasteiger partial charge in [-0.25, -0.2) is 0 Å². The number of carboxylic acids is 1. The largest absolute Gasteiger partial charge is 0.481 e. The van der Waals surface area contributed by atoms with Crippen molar-refractivity contribution in [3.8, 4) is 22.3 Å². The van der Waals surface area contributed by atoms with Crippen LogP contribution in [-0.4, -0.2) is 11.1 Å². The minimum atomic E-state index is -0.665. The molecule has 2 nitrogen and oxygen atoms in total.